The van der Waals surface area contributed by atoms with Crippen LogP contribution in [-0.2, 0) is 29.0 Å². The van der Waals surface area contributed by atoms with Gasteiger partial charge in [-0.3, -0.25) is 19.2 Å². The number of carbonyl (C=O) groups excluding carboxylic acids is 4. The highest BCUT2D eigenvalue weighted by Gasteiger charge is 2.30. The van der Waals surface area contributed by atoms with E-state index in [1.807, 2.05) is 99.8 Å². The third-order valence-electron chi connectivity index (χ3n) is 9.26. The predicted octanol–water partition coefficient (Wildman–Crippen LogP) is 5.38. The molecular weight excluding hydrogens is 693 g/mol. The van der Waals surface area contributed by atoms with E-state index >= 15 is 0 Å². The standard InChI is InChI=1S/C44H46N6O5/c1-44(2,3)50-41(53)33-18-9-7-16-30(33)24-39(51)37(23-28-13-5-4-6-14-28)48-43(55)38(49-42(54)36-22-21-29-15-8-11-19-34(29)47-36)25-40(52)46-27-31-26-45-35-20-12-10-17-32(31)35/h4-22,26,37-39,45,51H,23-25,27H2,1-3H3,(H,46,52)(H,48,55)(H,49,54)(H,50,53)/t37-,38-,39+/m0/s1. The Kier molecular flexibility index (Phi) is 12.0. The summed E-state index contributed by atoms with van der Waals surface area (Å²) in [5, 5.41) is 25.1. The zero-order valence-electron chi connectivity index (χ0n) is 31.1. The zero-order valence-corrected chi connectivity index (χ0v) is 31.1. The molecule has 0 saturated heterocycles. The molecule has 0 bridgehead atoms. The number of benzene rings is 4. The number of amides is 4. The third kappa shape index (κ3) is 10.2. The highest BCUT2D eigenvalue weighted by molar-refractivity contribution is 5.99. The van der Waals surface area contributed by atoms with Crippen LogP contribution in [-0.4, -0.2) is 62.4 Å². The highest BCUT2D eigenvalue weighted by atomic mass is 16.3. The second-order valence-electron chi connectivity index (χ2n) is 14.7. The van der Waals surface area contributed by atoms with Crippen molar-refractivity contribution in [3.05, 3.63) is 149 Å². The first kappa shape index (κ1) is 38.4. The molecule has 0 radical (unpaired) electrons. The molecule has 282 valence electrons. The van der Waals surface area contributed by atoms with Gasteiger partial charge in [-0.2, -0.15) is 0 Å². The van der Waals surface area contributed by atoms with Gasteiger partial charge in [0.15, 0.2) is 0 Å². The Hall–Kier alpha value is -6.33. The van der Waals surface area contributed by atoms with Crippen molar-refractivity contribution in [1.29, 1.82) is 0 Å². The number of rotatable bonds is 14. The van der Waals surface area contributed by atoms with E-state index in [2.05, 4.69) is 31.2 Å². The number of carbonyl (C=O) groups is 4. The second kappa shape index (κ2) is 17.2. The van der Waals surface area contributed by atoms with Crippen molar-refractivity contribution < 1.29 is 24.3 Å². The molecule has 0 saturated carbocycles. The molecule has 0 fully saturated rings. The normalized spacial score (nSPS) is 13.1. The van der Waals surface area contributed by atoms with Crippen LogP contribution in [0.1, 0.15) is 64.7 Å². The van der Waals surface area contributed by atoms with Gasteiger partial charge in [0.1, 0.15) is 11.7 Å². The molecule has 6 rings (SSSR count). The van der Waals surface area contributed by atoms with E-state index in [0.29, 0.717) is 16.6 Å². The van der Waals surface area contributed by atoms with E-state index in [9.17, 15) is 24.3 Å². The Bertz CT molecular complexity index is 2300. The molecule has 0 spiro atoms. The Labute approximate surface area is 320 Å². The fraction of sp³-hybridized carbons (Fsp3) is 0.250. The SMILES string of the molecule is CC(C)(C)NC(=O)c1ccccc1C[C@@H](O)[C@H](Cc1ccccc1)NC(=O)[C@H](CC(=O)NCc1c[nH]c2ccccc12)NC(=O)c1ccc2ccccc2n1. The maximum atomic E-state index is 14.2. The summed E-state index contributed by atoms with van der Waals surface area (Å²) in [6, 6.07) is 32.7. The molecule has 6 N–H and O–H groups in total. The molecule has 0 aliphatic carbocycles. The van der Waals surface area contributed by atoms with E-state index in [4.69, 9.17) is 0 Å². The number of hydrogen-bond acceptors (Lipinski definition) is 6. The van der Waals surface area contributed by atoms with Crippen LogP contribution >= 0.6 is 0 Å². The molecule has 0 aliphatic rings. The van der Waals surface area contributed by atoms with Crippen LogP contribution in [0.25, 0.3) is 21.8 Å². The number of aromatic nitrogens is 2. The van der Waals surface area contributed by atoms with E-state index in [-0.39, 0.29) is 37.4 Å². The molecule has 3 atom stereocenters. The van der Waals surface area contributed by atoms with Gasteiger partial charge < -0.3 is 31.4 Å². The lowest BCUT2D eigenvalue weighted by Crippen LogP contribution is -2.54. The van der Waals surface area contributed by atoms with Crippen molar-refractivity contribution >= 4 is 45.4 Å². The number of aliphatic hydroxyl groups excluding tert-OH is 1. The minimum absolute atomic E-state index is 0.0503. The molecule has 4 aromatic carbocycles. The van der Waals surface area contributed by atoms with Crippen molar-refractivity contribution in [3.63, 3.8) is 0 Å². The molecule has 11 heteroatoms. The van der Waals surface area contributed by atoms with Crippen molar-refractivity contribution in [2.75, 3.05) is 0 Å². The van der Waals surface area contributed by atoms with Crippen LogP contribution in [0.4, 0.5) is 0 Å². The number of aromatic amines is 1. The molecular formula is C44H46N6O5. The summed E-state index contributed by atoms with van der Waals surface area (Å²) < 4.78 is 0. The number of fused-ring (bicyclic) bond motifs is 2. The third-order valence-corrected chi connectivity index (χ3v) is 9.26. The van der Waals surface area contributed by atoms with Crippen LogP contribution in [0.15, 0.2) is 121 Å². The predicted molar refractivity (Wildman–Crippen MR) is 213 cm³/mol. The number of nitrogens with zero attached hydrogens (tertiary/aromatic N) is 1. The Morgan fingerprint density at radius 2 is 1.45 bits per heavy atom. The summed E-state index contributed by atoms with van der Waals surface area (Å²) >= 11 is 0. The van der Waals surface area contributed by atoms with Gasteiger partial charge in [-0.25, -0.2) is 4.98 Å². The van der Waals surface area contributed by atoms with Crippen molar-refractivity contribution in [2.24, 2.45) is 0 Å². The van der Waals surface area contributed by atoms with Crippen molar-refractivity contribution in [2.45, 2.75) is 70.3 Å². The minimum atomic E-state index is -1.32. The van der Waals surface area contributed by atoms with Gasteiger partial charge in [0.2, 0.25) is 11.8 Å². The summed E-state index contributed by atoms with van der Waals surface area (Å²) in [5.74, 6) is -2.02. The van der Waals surface area contributed by atoms with E-state index in [1.165, 1.54) is 0 Å². The Balaban J connectivity index is 1.24. The molecule has 11 nitrogen and oxygen atoms in total. The highest BCUT2D eigenvalue weighted by Crippen LogP contribution is 2.19. The second-order valence-corrected chi connectivity index (χ2v) is 14.7. The zero-order chi connectivity index (χ0) is 39.0. The summed E-state index contributed by atoms with van der Waals surface area (Å²) in [6.07, 6.45) is 0.584. The fourth-order valence-corrected chi connectivity index (χ4v) is 6.49. The van der Waals surface area contributed by atoms with Crippen LogP contribution in [0, 0.1) is 0 Å². The van der Waals surface area contributed by atoms with Gasteiger partial charge in [0.05, 0.1) is 24.1 Å². The summed E-state index contributed by atoms with van der Waals surface area (Å²) in [4.78, 5) is 62.3. The van der Waals surface area contributed by atoms with Gasteiger partial charge in [0.25, 0.3) is 11.8 Å². The molecule has 0 aliphatic heterocycles. The maximum Gasteiger partial charge on any atom is 0.270 e. The van der Waals surface area contributed by atoms with E-state index < -0.39 is 41.4 Å². The molecule has 2 aromatic heterocycles. The first-order chi connectivity index (χ1) is 26.4. The number of hydrogen-bond donors (Lipinski definition) is 6. The lowest BCUT2D eigenvalue weighted by molar-refractivity contribution is -0.129. The van der Waals surface area contributed by atoms with Crippen LogP contribution in [0.5, 0.6) is 0 Å². The molecule has 0 unspecified atom stereocenters. The lowest BCUT2D eigenvalue weighted by atomic mass is 9.93. The monoisotopic (exact) mass is 738 g/mol. The molecule has 4 amide bonds. The van der Waals surface area contributed by atoms with Gasteiger partial charge in [0, 0.05) is 46.6 Å². The molecule has 6 aromatic rings. The summed E-state index contributed by atoms with van der Waals surface area (Å²) in [7, 11) is 0. The lowest BCUT2D eigenvalue weighted by Gasteiger charge is -2.28. The van der Waals surface area contributed by atoms with Crippen molar-refractivity contribution in [3.8, 4) is 0 Å². The number of para-hydroxylation sites is 2. The molecule has 2 heterocycles. The van der Waals surface area contributed by atoms with Crippen molar-refractivity contribution in [1.82, 2.24) is 31.2 Å². The maximum absolute atomic E-state index is 14.2. The quantitative estimate of drug-likeness (QED) is 0.0879. The smallest absolute Gasteiger partial charge is 0.270 e. The minimum Gasteiger partial charge on any atom is -0.391 e. The Morgan fingerprint density at radius 3 is 2.25 bits per heavy atom. The average molecular weight is 739 g/mol. The topological polar surface area (TPSA) is 165 Å². The van der Waals surface area contributed by atoms with Crippen LogP contribution < -0.4 is 21.3 Å². The number of pyridine rings is 1. The van der Waals surface area contributed by atoms with Gasteiger partial charge >= 0.3 is 0 Å². The van der Waals surface area contributed by atoms with E-state index in [0.717, 1.165) is 27.4 Å². The fourth-order valence-electron chi connectivity index (χ4n) is 6.49. The summed E-state index contributed by atoms with van der Waals surface area (Å²) in [5.41, 5.74) is 3.89. The number of nitrogens with one attached hydrogen (secondary N) is 5. The molecule has 55 heavy (non-hydrogen) atoms. The van der Waals surface area contributed by atoms with Crippen LogP contribution in [0.2, 0.25) is 0 Å². The van der Waals surface area contributed by atoms with Gasteiger partial charge in [-0.1, -0.05) is 91.0 Å². The largest absolute Gasteiger partial charge is 0.391 e. The van der Waals surface area contributed by atoms with Gasteiger partial charge in [-0.15, -0.1) is 0 Å². The van der Waals surface area contributed by atoms with Crippen LogP contribution in [0.3, 0.4) is 0 Å². The Morgan fingerprint density at radius 1 is 0.745 bits per heavy atom. The van der Waals surface area contributed by atoms with E-state index in [1.54, 1.807) is 42.5 Å². The number of H-pyrrole nitrogens is 1. The number of aliphatic hydroxyl groups is 1. The first-order valence-corrected chi connectivity index (χ1v) is 18.3. The van der Waals surface area contributed by atoms with Gasteiger partial charge in [-0.05, 0) is 68.1 Å². The average Bonchev–Trinajstić information content (AvgIpc) is 3.59. The first-order valence-electron chi connectivity index (χ1n) is 18.3. The summed E-state index contributed by atoms with van der Waals surface area (Å²) in [6.45, 7) is 5.87.